The Morgan fingerprint density at radius 1 is 0.800 bits per heavy atom. The Hall–Kier alpha value is -2.53. The van der Waals surface area contributed by atoms with Gasteiger partial charge in [-0.2, -0.15) is 0 Å². The summed E-state index contributed by atoms with van der Waals surface area (Å²) in [5.41, 5.74) is 0. The second-order valence-electron chi connectivity index (χ2n) is 4.84. The molecular weight excluding hydrogens is 342 g/mol. The van der Waals surface area contributed by atoms with Crippen LogP contribution < -0.4 is 5.90 Å². The highest BCUT2D eigenvalue weighted by Gasteiger charge is 2.43. The second kappa shape index (κ2) is 11.1. The first-order chi connectivity index (χ1) is 11.6. The summed E-state index contributed by atoms with van der Waals surface area (Å²) in [6, 6.07) is 0. The summed E-state index contributed by atoms with van der Waals surface area (Å²) in [6.07, 6.45) is -5.90. The van der Waals surface area contributed by atoms with Crippen LogP contribution in [-0.4, -0.2) is 61.2 Å². The molecule has 11 heteroatoms. The van der Waals surface area contributed by atoms with Gasteiger partial charge in [0.25, 0.3) is 0 Å². The molecular formula is C14H21NO10. The molecule has 2 N–H and O–H groups in total. The van der Waals surface area contributed by atoms with Crippen LogP contribution in [-0.2, 0) is 47.8 Å². The summed E-state index contributed by atoms with van der Waals surface area (Å²) < 4.78 is 19.7. The van der Waals surface area contributed by atoms with E-state index in [0.717, 1.165) is 27.7 Å². The first kappa shape index (κ1) is 22.5. The molecule has 0 aromatic carbocycles. The van der Waals surface area contributed by atoms with Crippen molar-refractivity contribution in [1.29, 1.82) is 0 Å². The fourth-order valence-corrected chi connectivity index (χ4v) is 1.93. The van der Waals surface area contributed by atoms with Gasteiger partial charge < -0.3 is 23.8 Å². The number of aldehydes is 1. The van der Waals surface area contributed by atoms with Crippen molar-refractivity contribution in [3.8, 4) is 0 Å². The number of esters is 4. The summed E-state index contributed by atoms with van der Waals surface area (Å²) in [5.74, 6) is 1.63. The monoisotopic (exact) mass is 363 g/mol. The van der Waals surface area contributed by atoms with Gasteiger partial charge in [-0.3, -0.25) is 24.0 Å². The molecule has 0 spiro atoms. The average molecular weight is 363 g/mol. The van der Waals surface area contributed by atoms with Gasteiger partial charge in [-0.05, 0) is 0 Å². The Balaban J connectivity index is 5.88. The highest BCUT2D eigenvalue weighted by Crippen LogP contribution is 2.19. The molecule has 0 radical (unpaired) electrons. The van der Waals surface area contributed by atoms with Crippen LogP contribution in [0.4, 0.5) is 0 Å². The van der Waals surface area contributed by atoms with E-state index in [2.05, 4.69) is 4.84 Å². The van der Waals surface area contributed by atoms with Crippen molar-refractivity contribution in [2.24, 2.45) is 5.90 Å². The molecule has 0 saturated heterocycles. The third-order valence-electron chi connectivity index (χ3n) is 2.63. The van der Waals surface area contributed by atoms with E-state index in [1.165, 1.54) is 0 Å². The molecule has 0 amide bonds. The number of carbonyl (C=O) groups is 5. The van der Waals surface area contributed by atoms with Crippen molar-refractivity contribution in [1.82, 2.24) is 0 Å². The highest BCUT2D eigenvalue weighted by atomic mass is 16.7. The zero-order valence-electron chi connectivity index (χ0n) is 14.3. The number of rotatable bonds is 10. The molecule has 142 valence electrons. The molecule has 11 nitrogen and oxygen atoms in total. The first-order valence-corrected chi connectivity index (χ1v) is 7.08. The van der Waals surface area contributed by atoms with Gasteiger partial charge in [0.15, 0.2) is 30.7 Å². The molecule has 0 saturated carbocycles. The van der Waals surface area contributed by atoms with Crippen molar-refractivity contribution in [3.63, 3.8) is 0 Å². The smallest absolute Gasteiger partial charge is 0.303 e. The van der Waals surface area contributed by atoms with Gasteiger partial charge in [0, 0.05) is 27.7 Å². The molecule has 0 unspecified atom stereocenters. The number of hydrogen-bond donors (Lipinski definition) is 1. The van der Waals surface area contributed by atoms with E-state index < -0.39 is 54.9 Å². The second-order valence-corrected chi connectivity index (χ2v) is 4.84. The molecule has 0 rings (SSSR count). The maximum absolute atomic E-state index is 11.4. The lowest BCUT2D eigenvalue weighted by Gasteiger charge is -2.33. The van der Waals surface area contributed by atoms with Gasteiger partial charge in [0.1, 0.15) is 6.61 Å². The van der Waals surface area contributed by atoms with Gasteiger partial charge in [0.2, 0.25) is 0 Å². The van der Waals surface area contributed by atoms with Gasteiger partial charge in [0.05, 0.1) is 0 Å². The van der Waals surface area contributed by atoms with E-state index in [0.29, 0.717) is 0 Å². The molecule has 0 aliphatic heterocycles. The van der Waals surface area contributed by atoms with Crippen LogP contribution in [0.1, 0.15) is 27.7 Å². The molecule has 0 heterocycles. The van der Waals surface area contributed by atoms with Crippen LogP contribution in [0.3, 0.4) is 0 Å². The van der Waals surface area contributed by atoms with E-state index in [1.54, 1.807) is 0 Å². The Morgan fingerprint density at radius 2 is 1.24 bits per heavy atom. The molecule has 0 aromatic rings. The van der Waals surface area contributed by atoms with E-state index >= 15 is 0 Å². The number of ether oxygens (including phenoxy) is 4. The zero-order chi connectivity index (χ0) is 19.6. The van der Waals surface area contributed by atoms with E-state index in [4.69, 9.17) is 24.8 Å². The predicted molar refractivity (Wildman–Crippen MR) is 78.4 cm³/mol. The van der Waals surface area contributed by atoms with Crippen LogP contribution in [0.15, 0.2) is 0 Å². The van der Waals surface area contributed by atoms with Crippen molar-refractivity contribution in [2.75, 3.05) is 6.61 Å². The lowest BCUT2D eigenvalue weighted by molar-refractivity contribution is -0.200. The van der Waals surface area contributed by atoms with Crippen molar-refractivity contribution >= 4 is 30.2 Å². The minimum absolute atomic E-state index is 0.180. The summed E-state index contributed by atoms with van der Waals surface area (Å²) >= 11 is 0. The number of nitrogens with two attached hydrogens (primary N) is 1. The molecule has 0 fully saturated rings. The third-order valence-corrected chi connectivity index (χ3v) is 2.63. The zero-order valence-corrected chi connectivity index (χ0v) is 14.3. The maximum atomic E-state index is 11.4. The van der Waals surface area contributed by atoms with Crippen molar-refractivity contribution < 1.29 is 47.8 Å². The Bertz CT molecular complexity index is 506. The summed E-state index contributed by atoms with van der Waals surface area (Å²) in [4.78, 5) is 60.9. The first-order valence-electron chi connectivity index (χ1n) is 7.08. The molecule has 0 aliphatic carbocycles. The SMILES string of the molecule is CC(=O)O[C@@H]([C@H](OC(C)=O)[C@@H](CON)OC(C)=O)[C@H](C=O)OC(C)=O. The number of carbonyl (C=O) groups excluding carboxylic acids is 5. The maximum Gasteiger partial charge on any atom is 0.303 e. The summed E-state index contributed by atoms with van der Waals surface area (Å²) in [5, 5.41) is 0. The highest BCUT2D eigenvalue weighted by molar-refractivity contribution is 5.72. The third kappa shape index (κ3) is 8.77. The van der Waals surface area contributed by atoms with Gasteiger partial charge in [-0.25, -0.2) is 5.90 Å². The molecule has 0 aliphatic rings. The minimum Gasteiger partial charge on any atom is -0.456 e. The van der Waals surface area contributed by atoms with Crippen LogP contribution in [0.25, 0.3) is 0 Å². The fourth-order valence-electron chi connectivity index (χ4n) is 1.93. The average Bonchev–Trinajstić information content (AvgIpc) is 2.47. The van der Waals surface area contributed by atoms with Crippen LogP contribution >= 0.6 is 0 Å². The molecule has 25 heavy (non-hydrogen) atoms. The molecule has 4 atom stereocenters. The molecule has 0 bridgehead atoms. The quantitative estimate of drug-likeness (QED) is 0.215. The lowest BCUT2D eigenvalue weighted by Crippen LogP contribution is -2.53. The summed E-state index contributed by atoms with van der Waals surface area (Å²) in [7, 11) is 0. The van der Waals surface area contributed by atoms with Gasteiger partial charge >= 0.3 is 23.9 Å². The fraction of sp³-hybridized carbons (Fsp3) is 0.643. The van der Waals surface area contributed by atoms with Gasteiger partial charge in [-0.15, -0.1) is 0 Å². The largest absolute Gasteiger partial charge is 0.456 e. The van der Waals surface area contributed by atoms with E-state index in [1.807, 2.05) is 0 Å². The van der Waals surface area contributed by atoms with Crippen LogP contribution in [0, 0.1) is 0 Å². The van der Waals surface area contributed by atoms with Gasteiger partial charge in [-0.1, -0.05) is 0 Å². The Kier molecular flexibility index (Phi) is 9.98. The summed E-state index contributed by atoms with van der Waals surface area (Å²) in [6.45, 7) is 3.69. The Labute approximate surface area is 143 Å². The van der Waals surface area contributed by atoms with Crippen molar-refractivity contribution in [3.05, 3.63) is 0 Å². The van der Waals surface area contributed by atoms with E-state index in [9.17, 15) is 24.0 Å². The minimum atomic E-state index is -1.62. The van der Waals surface area contributed by atoms with Crippen LogP contribution in [0.5, 0.6) is 0 Å². The van der Waals surface area contributed by atoms with Crippen molar-refractivity contribution in [2.45, 2.75) is 52.1 Å². The Morgan fingerprint density at radius 3 is 1.60 bits per heavy atom. The topological polar surface area (TPSA) is 158 Å². The van der Waals surface area contributed by atoms with Crippen LogP contribution in [0.2, 0.25) is 0 Å². The predicted octanol–water partition coefficient (Wildman–Crippen LogP) is -1.20. The van der Waals surface area contributed by atoms with E-state index in [-0.39, 0.29) is 6.29 Å². The standard InChI is InChI=1S/C14H21NO10/c1-7(17)22-11(5-16)13(24-9(3)19)14(25-10(4)20)12(6-21-15)23-8(2)18/h5,11-14H,6,15H2,1-4H3/t11-,12+,13+,14+/m0/s1. The lowest BCUT2D eigenvalue weighted by atomic mass is 10.0. The normalized spacial score (nSPS) is 15.1. The number of hydrogen-bond acceptors (Lipinski definition) is 11. The molecule has 0 aromatic heterocycles.